The smallest absolute Gasteiger partial charge is 0.164 e. The molecule has 0 amide bonds. The molecule has 0 spiro atoms. The molecular weight excluding hydrogens is 737 g/mol. The summed E-state index contributed by atoms with van der Waals surface area (Å²) in [5.41, 5.74) is 15.2. The van der Waals surface area contributed by atoms with Crippen LogP contribution in [-0.4, -0.2) is 26.4 Å². The Labute approximate surface area is 345 Å². The molecule has 0 aliphatic heterocycles. The normalized spacial score (nSPS) is 13.0. The third-order valence-corrected chi connectivity index (χ3v) is 11.0. The Balaban J connectivity index is 1.12. The molecule has 2 aromatic heterocycles. The fourth-order valence-electron chi connectivity index (χ4n) is 7.99. The minimum atomic E-state index is 0.322. The standard InChI is InChI=1S/C53H34N6O/c54-46-26-24-36-22-20-35-21-23-37(31-44(35)49(36)50(46)59-58-42-16-8-3-9-17-42)51-55-52(38-25-27-48-45(32-38)43-18-10-11-19-47(43)60-48)57-53(56-51)41-29-39(33-12-4-1-5-13-33)28-40(30-41)34-14-6-2-7-15-34/h1-32,54,58H/b54-46?,59-50+. The maximum absolute atomic E-state index is 8.94. The lowest BCUT2D eigenvalue weighted by atomic mass is 9.88. The maximum Gasteiger partial charge on any atom is 0.164 e. The van der Waals surface area contributed by atoms with E-state index in [9.17, 15) is 0 Å². The second-order valence-electron chi connectivity index (χ2n) is 14.8. The van der Waals surface area contributed by atoms with Gasteiger partial charge in [0.15, 0.2) is 17.5 Å². The molecule has 0 unspecified atom stereocenters. The van der Waals surface area contributed by atoms with Crippen LogP contribution in [0.4, 0.5) is 5.69 Å². The number of rotatable bonds is 7. The van der Waals surface area contributed by atoms with E-state index in [4.69, 9.17) is 29.9 Å². The number of anilines is 1. The predicted molar refractivity (Wildman–Crippen MR) is 245 cm³/mol. The van der Waals surface area contributed by atoms with Gasteiger partial charge in [-0.15, -0.1) is 0 Å². The van der Waals surface area contributed by atoms with Crippen molar-refractivity contribution in [2.24, 2.45) is 5.10 Å². The Bertz CT molecular complexity index is 3300. The second kappa shape index (κ2) is 14.6. The van der Waals surface area contributed by atoms with Crippen LogP contribution in [0.3, 0.4) is 0 Å². The van der Waals surface area contributed by atoms with E-state index >= 15 is 0 Å². The predicted octanol–water partition coefficient (Wildman–Crippen LogP) is 13.1. The van der Waals surface area contributed by atoms with Crippen LogP contribution in [0.15, 0.2) is 198 Å². The zero-order chi connectivity index (χ0) is 40.0. The van der Waals surface area contributed by atoms with Crippen LogP contribution < -0.4 is 5.43 Å². The van der Waals surface area contributed by atoms with Crippen molar-refractivity contribution >= 4 is 55.9 Å². The maximum atomic E-state index is 8.94. The minimum Gasteiger partial charge on any atom is -0.456 e. The molecule has 2 heterocycles. The second-order valence-corrected chi connectivity index (χ2v) is 14.8. The Morgan fingerprint density at radius 2 is 0.983 bits per heavy atom. The summed E-state index contributed by atoms with van der Waals surface area (Å²) in [6.45, 7) is 0. The number of nitrogens with one attached hydrogen (secondary N) is 2. The number of hydrazone groups is 1. The molecule has 7 nitrogen and oxygen atoms in total. The summed E-state index contributed by atoms with van der Waals surface area (Å²) < 4.78 is 6.20. The van der Waals surface area contributed by atoms with E-state index in [1.807, 2.05) is 78.9 Å². The molecule has 0 fully saturated rings. The molecule has 0 atom stereocenters. The lowest BCUT2D eigenvalue weighted by Gasteiger charge is -2.18. The van der Waals surface area contributed by atoms with Crippen molar-refractivity contribution in [3.63, 3.8) is 0 Å². The third-order valence-electron chi connectivity index (χ3n) is 11.0. The van der Waals surface area contributed by atoms with Crippen molar-refractivity contribution in [3.05, 3.63) is 199 Å². The first-order valence-corrected chi connectivity index (χ1v) is 19.8. The number of hydrogen-bond donors (Lipinski definition) is 2. The molecule has 7 heteroatoms. The van der Waals surface area contributed by atoms with Crippen molar-refractivity contribution < 1.29 is 4.42 Å². The highest BCUT2D eigenvalue weighted by Crippen LogP contribution is 2.37. The van der Waals surface area contributed by atoms with E-state index in [2.05, 4.69) is 115 Å². The first-order chi connectivity index (χ1) is 29.6. The SMILES string of the molecule is N=C1C=Cc2ccc3ccc(-c4nc(-c5cc(-c6ccccc6)cc(-c6ccccc6)c5)nc(-c5ccc6oc7ccccc7c6c5)n4)cc3c2/C1=N/Nc1ccccc1. The molecule has 10 aromatic rings. The number of benzene rings is 8. The first-order valence-electron chi connectivity index (χ1n) is 19.8. The number of aromatic nitrogens is 3. The number of allylic oxidation sites excluding steroid dienone is 1. The number of fused-ring (bicyclic) bond motifs is 6. The number of furan rings is 1. The van der Waals surface area contributed by atoms with E-state index in [0.29, 0.717) is 28.9 Å². The molecule has 0 bridgehead atoms. The van der Waals surface area contributed by atoms with Crippen molar-refractivity contribution in [1.29, 1.82) is 5.41 Å². The van der Waals surface area contributed by atoms with Crippen molar-refractivity contribution in [1.82, 2.24) is 15.0 Å². The van der Waals surface area contributed by atoms with Gasteiger partial charge in [-0.2, -0.15) is 5.10 Å². The minimum absolute atomic E-state index is 0.322. The molecule has 1 aliphatic carbocycles. The molecule has 0 radical (unpaired) electrons. The van der Waals surface area contributed by atoms with Crippen LogP contribution in [0.1, 0.15) is 11.1 Å². The van der Waals surface area contributed by atoms with Gasteiger partial charge in [-0.25, -0.2) is 15.0 Å². The Kier molecular flexibility index (Phi) is 8.48. The van der Waals surface area contributed by atoms with Crippen LogP contribution in [0.5, 0.6) is 0 Å². The summed E-state index contributed by atoms with van der Waals surface area (Å²) in [5, 5.41) is 17.7. The van der Waals surface area contributed by atoms with Gasteiger partial charge in [-0.3, -0.25) is 10.8 Å². The molecule has 1 aliphatic rings. The zero-order valence-electron chi connectivity index (χ0n) is 32.2. The quantitative estimate of drug-likeness (QED) is 0.157. The van der Waals surface area contributed by atoms with Gasteiger partial charge in [0, 0.05) is 33.0 Å². The van der Waals surface area contributed by atoms with Gasteiger partial charge in [-0.1, -0.05) is 127 Å². The Hall–Kier alpha value is -8.29. The third kappa shape index (κ3) is 6.40. The average Bonchev–Trinajstić information content (AvgIpc) is 3.69. The Morgan fingerprint density at radius 1 is 0.433 bits per heavy atom. The van der Waals surface area contributed by atoms with Gasteiger partial charge in [0.25, 0.3) is 0 Å². The van der Waals surface area contributed by atoms with Crippen molar-refractivity contribution in [3.8, 4) is 56.4 Å². The lowest BCUT2D eigenvalue weighted by Crippen LogP contribution is -2.19. The van der Waals surface area contributed by atoms with Gasteiger partial charge < -0.3 is 4.42 Å². The molecule has 2 N–H and O–H groups in total. The molecule has 0 saturated heterocycles. The van der Waals surface area contributed by atoms with Gasteiger partial charge in [-0.05, 0) is 105 Å². The summed E-state index contributed by atoms with van der Waals surface area (Å²) in [4.78, 5) is 15.7. The van der Waals surface area contributed by atoms with E-state index in [0.717, 1.165) is 88.5 Å². The van der Waals surface area contributed by atoms with Crippen LogP contribution in [-0.2, 0) is 0 Å². The Morgan fingerprint density at radius 3 is 1.68 bits per heavy atom. The van der Waals surface area contributed by atoms with E-state index in [1.165, 1.54) is 0 Å². The highest BCUT2D eigenvalue weighted by atomic mass is 16.3. The summed E-state index contributed by atoms with van der Waals surface area (Å²) in [6, 6.07) is 61.8. The molecule has 0 saturated carbocycles. The van der Waals surface area contributed by atoms with Gasteiger partial charge >= 0.3 is 0 Å². The van der Waals surface area contributed by atoms with Gasteiger partial charge in [0.1, 0.15) is 16.9 Å². The molecule has 8 aromatic carbocycles. The van der Waals surface area contributed by atoms with E-state index in [1.54, 1.807) is 6.08 Å². The van der Waals surface area contributed by atoms with Crippen molar-refractivity contribution in [2.75, 3.05) is 5.43 Å². The number of para-hydroxylation sites is 2. The first kappa shape index (κ1) is 34.9. The molecular formula is C53H34N6O. The topological polar surface area (TPSA) is 100 Å². The van der Waals surface area contributed by atoms with Crippen LogP contribution in [0, 0.1) is 5.41 Å². The molecule has 60 heavy (non-hydrogen) atoms. The van der Waals surface area contributed by atoms with Crippen LogP contribution in [0.25, 0.3) is 95.2 Å². The van der Waals surface area contributed by atoms with E-state index < -0.39 is 0 Å². The summed E-state index contributed by atoms with van der Waals surface area (Å²) >= 11 is 0. The lowest BCUT2D eigenvalue weighted by molar-refractivity contribution is 0.669. The highest BCUT2D eigenvalue weighted by Gasteiger charge is 2.22. The monoisotopic (exact) mass is 770 g/mol. The summed E-state index contributed by atoms with van der Waals surface area (Å²) in [7, 11) is 0. The van der Waals surface area contributed by atoms with Gasteiger partial charge in [0.05, 0.1) is 11.4 Å². The fraction of sp³-hybridized carbons (Fsp3) is 0. The van der Waals surface area contributed by atoms with Gasteiger partial charge in [0.2, 0.25) is 0 Å². The summed E-state index contributed by atoms with van der Waals surface area (Å²) in [5.74, 6) is 1.62. The largest absolute Gasteiger partial charge is 0.456 e. The summed E-state index contributed by atoms with van der Waals surface area (Å²) in [6.07, 6.45) is 3.77. The van der Waals surface area contributed by atoms with Crippen molar-refractivity contribution in [2.45, 2.75) is 0 Å². The average molecular weight is 771 g/mol. The fourth-order valence-corrected chi connectivity index (χ4v) is 7.99. The number of nitrogens with zero attached hydrogens (tertiary/aromatic N) is 4. The van der Waals surface area contributed by atoms with Crippen LogP contribution in [0.2, 0.25) is 0 Å². The van der Waals surface area contributed by atoms with E-state index in [-0.39, 0.29) is 0 Å². The molecule has 11 rings (SSSR count). The zero-order valence-corrected chi connectivity index (χ0v) is 32.2. The highest BCUT2D eigenvalue weighted by molar-refractivity contribution is 6.55. The van der Waals surface area contributed by atoms with Crippen LogP contribution >= 0.6 is 0 Å². The molecule has 282 valence electrons. The number of hydrogen-bond acceptors (Lipinski definition) is 7.